The first kappa shape index (κ1) is 17.3. The smallest absolute Gasteiger partial charge is 0.323 e. The lowest BCUT2D eigenvalue weighted by Crippen LogP contribution is -2.31. The first-order valence-electron chi connectivity index (χ1n) is 8.40. The maximum absolute atomic E-state index is 12.0. The number of carbonyl (C=O) groups excluding carboxylic acids is 2. The van der Waals surface area contributed by atoms with Gasteiger partial charge in [0.1, 0.15) is 0 Å². The van der Waals surface area contributed by atoms with E-state index in [9.17, 15) is 9.59 Å². The van der Waals surface area contributed by atoms with Gasteiger partial charge in [-0.05, 0) is 53.1 Å². The summed E-state index contributed by atoms with van der Waals surface area (Å²) in [4.78, 5) is 25.4. The summed E-state index contributed by atoms with van der Waals surface area (Å²) in [5, 5.41) is 2.85. The molecule has 134 valence electrons. The predicted octanol–water partition coefficient (Wildman–Crippen LogP) is 4.58. The van der Waals surface area contributed by atoms with Gasteiger partial charge in [0.25, 0.3) is 5.91 Å². The second-order valence-electron chi connectivity index (χ2n) is 6.21. The topological polar surface area (TPSA) is 75.4 Å². The van der Waals surface area contributed by atoms with Crippen molar-refractivity contribution < 1.29 is 9.59 Å². The van der Waals surface area contributed by atoms with Crippen LogP contribution in [0.25, 0.3) is 11.1 Å². The Kier molecular flexibility index (Phi) is 4.41. The standard InChI is InChI=1S/C21H16BrN3O2/c22-14-3-1-4-16(11-14)25(21(23)27)15-9-7-13(8-10-15)17-5-2-6-18-19(17)12-24-20(18)26/h1-11H,12H2,(H2,23,27)(H,24,26). The number of anilines is 2. The average Bonchev–Trinajstić information content (AvgIpc) is 3.04. The third kappa shape index (κ3) is 3.19. The van der Waals surface area contributed by atoms with Crippen molar-refractivity contribution in [1.82, 2.24) is 5.32 Å². The predicted molar refractivity (Wildman–Crippen MR) is 109 cm³/mol. The van der Waals surface area contributed by atoms with E-state index in [1.807, 2.05) is 66.7 Å². The van der Waals surface area contributed by atoms with E-state index in [1.54, 1.807) is 0 Å². The van der Waals surface area contributed by atoms with Crippen LogP contribution in [-0.2, 0) is 6.54 Å². The third-order valence-corrected chi connectivity index (χ3v) is 5.06. The van der Waals surface area contributed by atoms with Crippen LogP contribution >= 0.6 is 15.9 Å². The molecule has 0 saturated heterocycles. The van der Waals surface area contributed by atoms with Crippen molar-refractivity contribution in [2.24, 2.45) is 5.73 Å². The Morgan fingerprint density at radius 1 is 0.963 bits per heavy atom. The maximum Gasteiger partial charge on any atom is 0.323 e. The highest BCUT2D eigenvalue weighted by molar-refractivity contribution is 9.10. The second kappa shape index (κ2) is 6.89. The summed E-state index contributed by atoms with van der Waals surface area (Å²) >= 11 is 3.42. The SMILES string of the molecule is NC(=O)N(c1ccc(-c2cccc3c2CNC3=O)cc1)c1cccc(Br)c1. The number of fused-ring (bicyclic) bond motifs is 1. The van der Waals surface area contributed by atoms with Crippen molar-refractivity contribution in [2.75, 3.05) is 4.90 Å². The molecule has 0 radical (unpaired) electrons. The van der Waals surface area contributed by atoms with Gasteiger partial charge in [-0.1, -0.05) is 46.3 Å². The van der Waals surface area contributed by atoms with Gasteiger partial charge in [0.15, 0.2) is 0 Å². The first-order valence-corrected chi connectivity index (χ1v) is 9.19. The number of nitrogens with zero attached hydrogens (tertiary/aromatic N) is 1. The fourth-order valence-corrected chi connectivity index (χ4v) is 3.72. The van der Waals surface area contributed by atoms with E-state index < -0.39 is 6.03 Å². The van der Waals surface area contributed by atoms with E-state index in [4.69, 9.17) is 5.73 Å². The van der Waals surface area contributed by atoms with E-state index in [1.165, 1.54) is 4.90 Å². The van der Waals surface area contributed by atoms with Gasteiger partial charge in [-0.3, -0.25) is 9.69 Å². The Labute approximate surface area is 164 Å². The molecule has 3 aromatic rings. The van der Waals surface area contributed by atoms with Crippen molar-refractivity contribution in [3.63, 3.8) is 0 Å². The van der Waals surface area contributed by atoms with Crippen molar-refractivity contribution >= 4 is 39.2 Å². The molecule has 6 heteroatoms. The van der Waals surface area contributed by atoms with Gasteiger partial charge in [0.2, 0.25) is 0 Å². The fourth-order valence-electron chi connectivity index (χ4n) is 3.33. The molecule has 0 bridgehead atoms. The highest BCUT2D eigenvalue weighted by atomic mass is 79.9. The van der Waals surface area contributed by atoms with Gasteiger partial charge in [-0.25, -0.2) is 4.79 Å². The van der Waals surface area contributed by atoms with E-state index in [0.717, 1.165) is 21.2 Å². The lowest BCUT2D eigenvalue weighted by atomic mass is 9.97. The van der Waals surface area contributed by atoms with Crippen LogP contribution in [0.2, 0.25) is 0 Å². The minimum atomic E-state index is -0.559. The summed E-state index contributed by atoms with van der Waals surface area (Å²) in [6.07, 6.45) is 0. The average molecular weight is 422 g/mol. The number of urea groups is 1. The zero-order chi connectivity index (χ0) is 19.0. The monoisotopic (exact) mass is 421 g/mol. The molecule has 0 aromatic heterocycles. The number of hydrogen-bond donors (Lipinski definition) is 2. The number of hydrogen-bond acceptors (Lipinski definition) is 2. The van der Waals surface area contributed by atoms with Crippen molar-refractivity contribution in [2.45, 2.75) is 6.54 Å². The molecule has 3 N–H and O–H groups in total. The molecule has 27 heavy (non-hydrogen) atoms. The molecule has 1 aliphatic heterocycles. The quantitative estimate of drug-likeness (QED) is 0.649. The molecule has 0 atom stereocenters. The van der Waals surface area contributed by atoms with Gasteiger partial charge in [-0.15, -0.1) is 0 Å². The summed E-state index contributed by atoms with van der Waals surface area (Å²) in [5.74, 6) is -0.0435. The highest BCUT2D eigenvalue weighted by Gasteiger charge is 2.22. The Bertz CT molecular complexity index is 1050. The largest absolute Gasteiger partial charge is 0.351 e. The van der Waals surface area contributed by atoms with Crippen LogP contribution in [0, 0.1) is 0 Å². The molecule has 0 unspecified atom stereocenters. The van der Waals surface area contributed by atoms with Gasteiger partial charge in [-0.2, -0.15) is 0 Å². The summed E-state index contributed by atoms with van der Waals surface area (Å²) in [7, 11) is 0. The van der Waals surface area contributed by atoms with Gasteiger partial charge >= 0.3 is 6.03 Å². The molecule has 0 fully saturated rings. The molecule has 1 aliphatic rings. The molecule has 5 nitrogen and oxygen atoms in total. The summed E-state index contributed by atoms with van der Waals surface area (Å²) in [6, 6.07) is 20.1. The molecule has 0 spiro atoms. The van der Waals surface area contributed by atoms with Crippen LogP contribution in [0.5, 0.6) is 0 Å². The lowest BCUT2D eigenvalue weighted by Gasteiger charge is -2.21. The number of primary amides is 1. The minimum absolute atomic E-state index is 0.0435. The molecule has 3 aromatic carbocycles. The number of amides is 3. The van der Waals surface area contributed by atoms with Crippen molar-refractivity contribution in [3.8, 4) is 11.1 Å². The van der Waals surface area contributed by atoms with Gasteiger partial charge in [0.05, 0.1) is 11.4 Å². The van der Waals surface area contributed by atoms with Crippen LogP contribution in [0.15, 0.2) is 71.2 Å². The lowest BCUT2D eigenvalue weighted by molar-refractivity contribution is 0.0965. The van der Waals surface area contributed by atoms with E-state index in [0.29, 0.717) is 23.5 Å². The third-order valence-electron chi connectivity index (χ3n) is 4.57. The van der Waals surface area contributed by atoms with Crippen molar-refractivity contribution in [3.05, 3.63) is 82.3 Å². The highest BCUT2D eigenvalue weighted by Crippen LogP contribution is 2.32. The Morgan fingerprint density at radius 3 is 2.37 bits per heavy atom. The molecular formula is C21H16BrN3O2. The number of benzene rings is 3. The van der Waals surface area contributed by atoms with Crippen LogP contribution in [0.4, 0.5) is 16.2 Å². The molecule has 4 rings (SSSR count). The van der Waals surface area contributed by atoms with E-state index in [-0.39, 0.29) is 5.91 Å². The molecule has 0 saturated carbocycles. The van der Waals surface area contributed by atoms with Gasteiger partial charge < -0.3 is 11.1 Å². The van der Waals surface area contributed by atoms with Crippen LogP contribution in [0.3, 0.4) is 0 Å². The van der Waals surface area contributed by atoms with Crippen LogP contribution in [0.1, 0.15) is 15.9 Å². The van der Waals surface area contributed by atoms with Crippen LogP contribution in [-0.4, -0.2) is 11.9 Å². The molecule has 3 amide bonds. The zero-order valence-electron chi connectivity index (χ0n) is 14.3. The molecular weight excluding hydrogens is 406 g/mol. The summed E-state index contributed by atoms with van der Waals surface area (Å²) in [5.41, 5.74) is 10.7. The van der Waals surface area contributed by atoms with Crippen LogP contribution < -0.4 is 16.0 Å². The summed E-state index contributed by atoms with van der Waals surface area (Å²) < 4.78 is 0.861. The normalized spacial score (nSPS) is 12.4. The Morgan fingerprint density at radius 2 is 1.67 bits per heavy atom. The summed E-state index contributed by atoms with van der Waals surface area (Å²) in [6.45, 7) is 0.525. The fraction of sp³-hybridized carbons (Fsp3) is 0.0476. The maximum atomic E-state index is 12.0. The minimum Gasteiger partial charge on any atom is -0.351 e. The van der Waals surface area contributed by atoms with Crippen molar-refractivity contribution in [1.29, 1.82) is 0 Å². The zero-order valence-corrected chi connectivity index (χ0v) is 15.9. The molecule has 0 aliphatic carbocycles. The Balaban J connectivity index is 1.72. The second-order valence-corrected chi connectivity index (χ2v) is 7.13. The number of carbonyl (C=O) groups is 2. The number of rotatable bonds is 3. The number of nitrogens with two attached hydrogens (primary N) is 1. The van der Waals surface area contributed by atoms with Gasteiger partial charge in [0, 0.05) is 16.6 Å². The number of nitrogens with one attached hydrogen (secondary N) is 1. The van der Waals surface area contributed by atoms with E-state index in [2.05, 4.69) is 21.2 Å². The Hall–Kier alpha value is -3.12. The molecule has 1 heterocycles. The first-order chi connectivity index (χ1) is 13.0. The van der Waals surface area contributed by atoms with E-state index >= 15 is 0 Å². The number of halogens is 1.